The molecule has 0 aliphatic carbocycles. The predicted molar refractivity (Wildman–Crippen MR) is 65.8 cm³/mol. The van der Waals surface area contributed by atoms with Gasteiger partial charge in [-0.25, -0.2) is 15.8 Å². The second-order valence-electron chi connectivity index (χ2n) is 3.30. The zero-order chi connectivity index (χ0) is 12.3. The molecule has 0 spiro atoms. The third-order valence-electron chi connectivity index (χ3n) is 1.92. The Hall–Kier alpha value is -1.86. The average Bonchev–Trinajstić information content (AvgIpc) is 2.28. The van der Waals surface area contributed by atoms with Crippen molar-refractivity contribution in [3.05, 3.63) is 40.3 Å². The molecule has 0 saturated carbocycles. The van der Waals surface area contributed by atoms with Crippen molar-refractivity contribution >= 4 is 17.6 Å². The fourth-order valence-corrected chi connectivity index (χ4v) is 2.08. The van der Waals surface area contributed by atoms with Crippen molar-refractivity contribution in [3.63, 3.8) is 0 Å². The first-order valence-corrected chi connectivity index (χ1v) is 5.68. The molecule has 7 heteroatoms. The van der Waals surface area contributed by atoms with Gasteiger partial charge in [0.25, 0.3) is 5.56 Å². The summed E-state index contributed by atoms with van der Waals surface area (Å²) in [4.78, 5) is 22.3. The Morgan fingerprint density at radius 2 is 2.24 bits per heavy atom. The van der Waals surface area contributed by atoms with Crippen molar-refractivity contribution in [1.29, 1.82) is 0 Å². The summed E-state index contributed by atoms with van der Waals surface area (Å²) in [6.45, 7) is 1.77. The molecule has 0 bridgehead atoms. The molecule has 2 aromatic heterocycles. The minimum atomic E-state index is -0.173. The van der Waals surface area contributed by atoms with E-state index in [0.29, 0.717) is 21.7 Å². The van der Waals surface area contributed by atoms with E-state index in [1.807, 2.05) is 12.1 Å². The van der Waals surface area contributed by atoms with Crippen LogP contribution < -0.4 is 16.8 Å². The molecule has 2 aromatic rings. The molecule has 88 valence electrons. The van der Waals surface area contributed by atoms with E-state index in [4.69, 9.17) is 5.84 Å². The lowest BCUT2D eigenvalue weighted by Gasteiger charge is -2.03. The van der Waals surface area contributed by atoms with E-state index in [1.165, 1.54) is 17.8 Å². The molecule has 0 aromatic carbocycles. The van der Waals surface area contributed by atoms with E-state index in [1.54, 1.807) is 13.0 Å². The lowest BCUT2D eigenvalue weighted by atomic mass is 10.5. The number of hydrogen-bond acceptors (Lipinski definition) is 6. The number of nitrogens with two attached hydrogens (primary N) is 1. The third-order valence-corrected chi connectivity index (χ3v) is 2.74. The Kier molecular flexibility index (Phi) is 3.40. The molecule has 2 heterocycles. The van der Waals surface area contributed by atoms with Gasteiger partial charge in [-0.1, -0.05) is 6.07 Å². The topological polar surface area (TPSA) is 96.7 Å². The van der Waals surface area contributed by atoms with E-state index in [0.717, 1.165) is 0 Å². The van der Waals surface area contributed by atoms with Crippen LogP contribution in [0.15, 0.2) is 39.2 Å². The zero-order valence-electron chi connectivity index (χ0n) is 9.10. The molecule has 17 heavy (non-hydrogen) atoms. The maximum absolute atomic E-state index is 11.3. The van der Waals surface area contributed by atoms with Gasteiger partial charge in [-0.3, -0.25) is 4.79 Å². The first-order chi connectivity index (χ1) is 8.17. The summed E-state index contributed by atoms with van der Waals surface area (Å²) in [5, 5.41) is 1.21. The summed E-state index contributed by atoms with van der Waals surface area (Å²) in [5.41, 5.74) is 2.96. The highest BCUT2D eigenvalue weighted by Crippen LogP contribution is 2.22. The number of H-pyrrole nitrogens is 1. The van der Waals surface area contributed by atoms with Crippen molar-refractivity contribution in [2.24, 2.45) is 5.84 Å². The SMILES string of the molecule is Cc1cc(=O)[nH]c(Sc2cccc(NN)n2)n1. The van der Waals surface area contributed by atoms with Crippen molar-refractivity contribution < 1.29 is 0 Å². The zero-order valence-corrected chi connectivity index (χ0v) is 9.91. The molecular formula is C10H11N5OS. The molecule has 4 N–H and O–H groups in total. The van der Waals surface area contributed by atoms with Crippen LogP contribution in [0.3, 0.4) is 0 Å². The minimum Gasteiger partial charge on any atom is -0.308 e. The number of nitrogens with one attached hydrogen (secondary N) is 2. The number of aryl methyl sites for hydroxylation is 1. The summed E-state index contributed by atoms with van der Waals surface area (Å²) < 4.78 is 0. The molecule has 0 atom stereocenters. The van der Waals surface area contributed by atoms with Crippen LogP contribution in [0, 0.1) is 6.92 Å². The summed E-state index contributed by atoms with van der Waals surface area (Å²) >= 11 is 1.27. The van der Waals surface area contributed by atoms with Gasteiger partial charge in [0.1, 0.15) is 10.8 Å². The average molecular weight is 249 g/mol. The summed E-state index contributed by atoms with van der Waals surface area (Å²) in [7, 11) is 0. The van der Waals surface area contributed by atoms with Gasteiger partial charge in [0.2, 0.25) is 0 Å². The summed E-state index contributed by atoms with van der Waals surface area (Å²) in [6.07, 6.45) is 0. The molecular weight excluding hydrogens is 238 g/mol. The highest BCUT2D eigenvalue weighted by molar-refractivity contribution is 7.99. The summed E-state index contributed by atoms with van der Waals surface area (Å²) in [6, 6.07) is 6.82. The lowest BCUT2D eigenvalue weighted by molar-refractivity contribution is 0.902. The number of rotatable bonds is 3. The number of nitrogens with zero attached hydrogens (tertiary/aromatic N) is 2. The van der Waals surface area contributed by atoms with Crippen molar-refractivity contribution in [2.45, 2.75) is 17.1 Å². The van der Waals surface area contributed by atoms with Crippen LogP contribution in [-0.2, 0) is 0 Å². The third kappa shape index (κ3) is 3.05. The van der Waals surface area contributed by atoms with Gasteiger partial charge in [0, 0.05) is 11.8 Å². The Morgan fingerprint density at radius 3 is 2.94 bits per heavy atom. The normalized spacial score (nSPS) is 10.2. The fraction of sp³-hybridized carbons (Fsp3) is 0.100. The molecule has 0 unspecified atom stereocenters. The molecule has 0 saturated heterocycles. The highest BCUT2D eigenvalue weighted by Gasteiger charge is 2.03. The number of pyridine rings is 1. The first-order valence-electron chi connectivity index (χ1n) is 4.87. The number of hydrazine groups is 1. The van der Waals surface area contributed by atoms with E-state index >= 15 is 0 Å². The van der Waals surface area contributed by atoms with Gasteiger partial charge in [0.05, 0.1) is 0 Å². The van der Waals surface area contributed by atoms with Crippen LogP contribution in [0.2, 0.25) is 0 Å². The number of aromatic amines is 1. The fourth-order valence-electron chi connectivity index (χ4n) is 1.25. The monoisotopic (exact) mass is 249 g/mol. The van der Waals surface area contributed by atoms with E-state index in [9.17, 15) is 4.79 Å². The Morgan fingerprint density at radius 1 is 1.41 bits per heavy atom. The van der Waals surface area contributed by atoms with Crippen LogP contribution >= 0.6 is 11.8 Å². The van der Waals surface area contributed by atoms with Crippen molar-refractivity contribution in [1.82, 2.24) is 15.0 Å². The van der Waals surface area contributed by atoms with Gasteiger partial charge < -0.3 is 10.4 Å². The number of aromatic nitrogens is 3. The van der Waals surface area contributed by atoms with Gasteiger partial charge in [-0.15, -0.1) is 0 Å². The van der Waals surface area contributed by atoms with E-state index in [-0.39, 0.29) is 5.56 Å². The number of hydrogen-bond donors (Lipinski definition) is 3. The van der Waals surface area contributed by atoms with Crippen LogP contribution in [0.1, 0.15) is 5.69 Å². The molecule has 0 amide bonds. The molecule has 2 rings (SSSR count). The Bertz CT molecular complexity index is 583. The number of anilines is 1. The molecule has 0 aliphatic rings. The Labute approximate surface area is 102 Å². The standard InChI is InChI=1S/C10H11N5OS/c1-6-5-8(16)14-10(12-6)17-9-4-2-3-7(13-9)15-11/h2-5H,11H2,1H3,(H,13,15)(H,12,14,16). The molecule has 0 radical (unpaired) electrons. The first kappa shape index (κ1) is 11.6. The van der Waals surface area contributed by atoms with Crippen molar-refractivity contribution in [3.8, 4) is 0 Å². The van der Waals surface area contributed by atoms with Gasteiger partial charge in [0.15, 0.2) is 5.16 Å². The van der Waals surface area contributed by atoms with Crippen LogP contribution in [-0.4, -0.2) is 15.0 Å². The van der Waals surface area contributed by atoms with E-state index in [2.05, 4.69) is 20.4 Å². The number of nitrogen functional groups attached to an aromatic ring is 1. The maximum atomic E-state index is 11.3. The maximum Gasteiger partial charge on any atom is 0.251 e. The largest absolute Gasteiger partial charge is 0.308 e. The van der Waals surface area contributed by atoms with Crippen molar-refractivity contribution in [2.75, 3.05) is 5.43 Å². The Balaban J connectivity index is 2.27. The van der Waals surface area contributed by atoms with E-state index < -0.39 is 0 Å². The van der Waals surface area contributed by atoms with Gasteiger partial charge in [-0.05, 0) is 30.8 Å². The minimum absolute atomic E-state index is 0.173. The summed E-state index contributed by atoms with van der Waals surface area (Å²) in [5.74, 6) is 5.83. The van der Waals surface area contributed by atoms with Gasteiger partial charge >= 0.3 is 0 Å². The second-order valence-corrected chi connectivity index (χ2v) is 4.31. The quantitative estimate of drug-likeness (QED) is 0.425. The predicted octanol–water partition coefficient (Wildman–Crippen LogP) is 0.910. The van der Waals surface area contributed by atoms with Gasteiger partial charge in [-0.2, -0.15) is 0 Å². The smallest absolute Gasteiger partial charge is 0.251 e. The molecule has 6 nitrogen and oxygen atoms in total. The van der Waals surface area contributed by atoms with Crippen LogP contribution in [0.25, 0.3) is 0 Å². The lowest BCUT2D eigenvalue weighted by Crippen LogP contribution is -2.09. The molecule has 0 aliphatic heterocycles. The van der Waals surface area contributed by atoms with Crippen LogP contribution in [0.4, 0.5) is 5.82 Å². The van der Waals surface area contributed by atoms with Crippen LogP contribution in [0.5, 0.6) is 0 Å². The second kappa shape index (κ2) is 4.98. The molecule has 0 fully saturated rings. The highest BCUT2D eigenvalue weighted by atomic mass is 32.2.